The molecule has 0 saturated heterocycles. The largest absolute Gasteiger partial charge is 0.354 e. The summed E-state index contributed by atoms with van der Waals surface area (Å²) in [5.41, 5.74) is 5.47. The van der Waals surface area contributed by atoms with E-state index >= 15 is 0 Å². The molecule has 0 bridgehead atoms. The summed E-state index contributed by atoms with van der Waals surface area (Å²) < 4.78 is 0.715. The third kappa shape index (κ3) is 2.81. The highest BCUT2D eigenvalue weighted by Gasteiger charge is 1.95. The van der Waals surface area contributed by atoms with Crippen LogP contribution in [-0.2, 0) is 0 Å². The SMILES string of the molecule is CC(N)Nc1cnc(Br)cn1. The molecule has 4 nitrogen and oxygen atoms in total. The zero-order valence-electron chi connectivity index (χ0n) is 6.08. The molecule has 11 heavy (non-hydrogen) atoms. The first-order chi connectivity index (χ1) is 5.18. The van der Waals surface area contributed by atoms with Crippen molar-refractivity contribution in [2.45, 2.75) is 13.1 Å². The average Bonchev–Trinajstić information content (AvgIpc) is 1.93. The van der Waals surface area contributed by atoms with E-state index in [1.165, 1.54) is 0 Å². The molecule has 0 radical (unpaired) electrons. The van der Waals surface area contributed by atoms with E-state index in [-0.39, 0.29) is 6.17 Å². The van der Waals surface area contributed by atoms with Crippen molar-refractivity contribution >= 4 is 21.7 Å². The van der Waals surface area contributed by atoms with E-state index in [0.29, 0.717) is 10.4 Å². The van der Waals surface area contributed by atoms with Gasteiger partial charge in [0.2, 0.25) is 0 Å². The second-order valence-corrected chi connectivity index (χ2v) is 2.97. The Morgan fingerprint density at radius 1 is 1.55 bits per heavy atom. The van der Waals surface area contributed by atoms with E-state index in [1.54, 1.807) is 12.4 Å². The second-order valence-electron chi connectivity index (χ2n) is 2.16. The Morgan fingerprint density at radius 2 is 2.27 bits per heavy atom. The summed E-state index contributed by atoms with van der Waals surface area (Å²) in [6.45, 7) is 1.84. The van der Waals surface area contributed by atoms with Crippen LogP contribution in [0, 0.1) is 0 Å². The van der Waals surface area contributed by atoms with Gasteiger partial charge in [-0.05, 0) is 22.9 Å². The van der Waals surface area contributed by atoms with Crippen molar-refractivity contribution in [2.75, 3.05) is 5.32 Å². The van der Waals surface area contributed by atoms with E-state index in [0.717, 1.165) is 0 Å². The van der Waals surface area contributed by atoms with E-state index in [2.05, 4.69) is 31.2 Å². The zero-order chi connectivity index (χ0) is 8.27. The molecule has 0 aliphatic carbocycles. The van der Waals surface area contributed by atoms with Crippen molar-refractivity contribution in [1.82, 2.24) is 9.97 Å². The average molecular weight is 217 g/mol. The lowest BCUT2D eigenvalue weighted by molar-refractivity contribution is 0.840. The number of nitrogens with two attached hydrogens (primary N) is 1. The van der Waals surface area contributed by atoms with E-state index < -0.39 is 0 Å². The van der Waals surface area contributed by atoms with Crippen molar-refractivity contribution in [1.29, 1.82) is 0 Å². The molecule has 1 heterocycles. The van der Waals surface area contributed by atoms with Gasteiger partial charge in [-0.2, -0.15) is 0 Å². The van der Waals surface area contributed by atoms with Crippen LogP contribution in [0.25, 0.3) is 0 Å². The number of hydrogen-bond donors (Lipinski definition) is 2. The first-order valence-corrected chi connectivity index (χ1v) is 3.97. The van der Waals surface area contributed by atoms with Gasteiger partial charge in [-0.15, -0.1) is 0 Å². The third-order valence-electron chi connectivity index (χ3n) is 0.996. The van der Waals surface area contributed by atoms with Gasteiger partial charge in [0, 0.05) is 0 Å². The van der Waals surface area contributed by atoms with Crippen molar-refractivity contribution in [3.8, 4) is 0 Å². The molecule has 0 aromatic carbocycles. The van der Waals surface area contributed by atoms with Crippen LogP contribution < -0.4 is 11.1 Å². The number of hydrogen-bond acceptors (Lipinski definition) is 4. The Hall–Kier alpha value is -0.680. The fourth-order valence-corrected chi connectivity index (χ4v) is 0.825. The van der Waals surface area contributed by atoms with Gasteiger partial charge in [0.1, 0.15) is 10.4 Å². The molecule has 60 valence electrons. The van der Waals surface area contributed by atoms with Crippen LogP contribution in [0.15, 0.2) is 17.0 Å². The lowest BCUT2D eigenvalue weighted by atomic mass is 10.5. The molecule has 1 aromatic heterocycles. The van der Waals surface area contributed by atoms with Gasteiger partial charge in [-0.1, -0.05) is 0 Å². The monoisotopic (exact) mass is 216 g/mol. The first-order valence-electron chi connectivity index (χ1n) is 3.18. The summed E-state index contributed by atoms with van der Waals surface area (Å²) in [5.74, 6) is 0.684. The van der Waals surface area contributed by atoms with Gasteiger partial charge < -0.3 is 11.1 Å². The molecule has 0 amide bonds. The van der Waals surface area contributed by atoms with Crippen LogP contribution in [0.1, 0.15) is 6.92 Å². The fraction of sp³-hybridized carbons (Fsp3) is 0.333. The number of nitrogens with zero attached hydrogens (tertiary/aromatic N) is 2. The molecular formula is C6H9BrN4. The van der Waals surface area contributed by atoms with Gasteiger partial charge in [0.25, 0.3) is 0 Å². The summed E-state index contributed by atoms with van der Waals surface area (Å²) in [6, 6.07) is 0. The van der Waals surface area contributed by atoms with Gasteiger partial charge in [-0.3, -0.25) is 0 Å². The molecular weight excluding hydrogens is 208 g/mol. The summed E-state index contributed by atoms with van der Waals surface area (Å²) >= 11 is 3.18. The molecule has 1 aromatic rings. The highest BCUT2D eigenvalue weighted by Crippen LogP contribution is 2.05. The molecule has 0 fully saturated rings. The molecule has 1 atom stereocenters. The Bertz CT molecular complexity index is 221. The maximum atomic E-state index is 5.47. The van der Waals surface area contributed by atoms with Crippen molar-refractivity contribution in [2.24, 2.45) is 5.73 Å². The fourth-order valence-electron chi connectivity index (χ4n) is 0.620. The molecule has 3 N–H and O–H groups in total. The smallest absolute Gasteiger partial charge is 0.145 e. The second kappa shape index (κ2) is 3.64. The maximum Gasteiger partial charge on any atom is 0.145 e. The first kappa shape index (κ1) is 8.42. The van der Waals surface area contributed by atoms with Crippen LogP contribution in [0.5, 0.6) is 0 Å². The molecule has 5 heteroatoms. The summed E-state index contributed by atoms with van der Waals surface area (Å²) in [4.78, 5) is 7.99. The van der Waals surface area contributed by atoms with E-state index in [4.69, 9.17) is 5.73 Å². The Kier molecular flexibility index (Phi) is 2.78. The van der Waals surface area contributed by atoms with E-state index in [9.17, 15) is 0 Å². The van der Waals surface area contributed by atoms with Crippen LogP contribution in [-0.4, -0.2) is 16.1 Å². The lowest BCUT2D eigenvalue weighted by Gasteiger charge is -2.07. The standard InChI is InChI=1S/C6H9BrN4/c1-4(8)11-6-3-9-5(7)2-10-6/h2-4H,8H2,1H3,(H,10,11). The minimum Gasteiger partial charge on any atom is -0.354 e. The maximum absolute atomic E-state index is 5.47. The van der Waals surface area contributed by atoms with Crippen molar-refractivity contribution in [3.05, 3.63) is 17.0 Å². The Balaban J connectivity index is 2.66. The summed E-state index contributed by atoms with van der Waals surface area (Å²) in [6.07, 6.45) is 3.13. The molecule has 0 aliphatic heterocycles. The number of rotatable bonds is 2. The highest BCUT2D eigenvalue weighted by atomic mass is 79.9. The molecule has 1 rings (SSSR count). The normalized spacial score (nSPS) is 12.6. The predicted molar refractivity (Wildman–Crippen MR) is 47.0 cm³/mol. The lowest BCUT2D eigenvalue weighted by Crippen LogP contribution is -2.25. The van der Waals surface area contributed by atoms with Gasteiger partial charge in [0.05, 0.1) is 18.6 Å². The number of aromatic nitrogens is 2. The highest BCUT2D eigenvalue weighted by molar-refractivity contribution is 9.10. The van der Waals surface area contributed by atoms with E-state index in [1.807, 2.05) is 6.92 Å². The summed E-state index contributed by atoms with van der Waals surface area (Å²) in [7, 11) is 0. The van der Waals surface area contributed by atoms with Crippen molar-refractivity contribution < 1.29 is 0 Å². The van der Waals surface area contributed by atoms with Gasteiger partial charge >= 0.3 is 0 Å². The molecule has 1 unspecified atom stereocenters. The number of nitrogens with one attached hydrogen (secondary N) is 1. The molecule has 0 aliphatic rings. The van der Waals surface area contributed by atoms with Gasteiger partial charge in [0.15, 0.2) is 0 Å². The molecule has 0 saturated carbocycles. The van der Waals surface area contributed by atoms with Crippen LogP contribution in [0.4, 0.5) is 5.82 Å². The zero-order valence-corrected chi connectivity index (χ0v) is 7.67. The minimum atomic E-state index is -0.106. The third-order valence-corrected chi connectivity index (χ3v) is 1.41. The minimum absolute atomic E-state index is 0.106. The van der Waals surface area contributed by atoms with Crippen LogP contribution in [0.2, 0.25) is 0 Å². The van der Waals surface area contributed by atoms with Crippen LogP contribution >= 0.6 is 15.9 Å². The quantitative estimate of drug-likeness (QED) is 0.724. The van der Waals surface area contributed by atoms with Gasteiger partial charge in [-0.25, -0.2) is 9.97 Å². The van der Waals surface area contributed by atoms with Crippen LogP contribution in [0.3, 0.4) is 0 Å². The Morgan fingerprint density at radius 3 is 2.73 bits per heavy atom. The summed E-state index contributed by atoms with van der Waals surface area (Å²) in [5, 5.41) is 2.92. The number of halogens is 1. The Labute approximate surface area is 73.4 Å². The number of anilines is 1. The molecule has 0 spiro atoms. The van der Waals surface area contributed by atoms with Crippen molar-refractivity contribution in [3.63, 3.8) is 0 Å². The topological polar surface area (TPSA) is 63.8 Å². The predicted octanol–water partition coefficient (Wildman–Crippen LogP) is 0.956.